The minimum absolute atomic E-state index is 0.542. The number of nitrogens with zero attached hydrogens (tertiary/aromatic N) is 2. The summed E-state index contributed by atoms with van der Waals surface area (Å²) in [7, 11) is 0. The fourth-order valence-electron chi connectivity index (χ4n) is 1.75. The molecule has 1 aromatic heterocycles. The fraction of sp³-hybridized carbons (Fsp3) is 0.545. The molecular formula is C11H16ClN3. The molecular weight excluding hydrogens is 210 g/mol. The van der Waals surface area contributed by atoms with Crippen molar-refractivity contribution in [2.75, 3.05) is 18.4 Å². The first-order valence-electron chi connectivity index (χ1n) is 5.27. The second-order valence-corrected chi connectivity index (χ2v) is 4.64. The van der Waals surface area contributed by atoms with Crippen LogP contribution in [0.2, 0.25) is 5.15 Å². The highest BCUT2D eigenvalue weighted by Gasteiger charge is 2.27. The summed E-state index contributed by atoms with van der Waals surface area (Å²) in [5.74, 6) is 0. The summed E-state index contributed by atoms with van der Waals surface area (Å²) in [6.45, 7) is 6.66. The quantitative estimate of drug-likeness (QED) is 0.800. The first-order valence-corrected chi connectivity index (χ1v) is 5.65. The monoisotopic (exact) mass is 225 g/mol. The number of aromatic nitrogens is 1. The van der Waals surface area contributed by atoms with Gasteiger partial charge in [-0.2, -0.15) is 0 Å². The minimum atomic E-state index is 0.542. The Labute approximate surface area is 95.4 Å². The van der Waals surface area contributed by atoms with E-state index >= 15 is 0 Å². The highest BCUT2D eigenvalue weighted by molar-refractivity contribution is 6.29. The predicted octanol–water partition coefficient (Wildman–Crippen LogP) is 2.24. The molecule has 4 heteroatoms. The summed E-state index contributed by atoms with van der Waals surface area (Å²) in [5.41, 5.74) is 1.06. The molecule has 3 nitrogen and oxygen atoms in total. The summed E-state index contributed by atoms with van der Waals surface area (Å²) in [5, 5.41) is 3.98. The molecule has 0 atom stereocenters. The Balaban J connectivity index is 1.85. The van der Waals surface area contributed by atoms with Crippen LogP contribution < -0.4 is 5.32 Å². The van der Waals surface area contributed by atoms with Crippen LogP contribution in [0.1, 0.15) is 13.8 Å². The van der Waals surface area contributed by atoms with Gasteiger partial charge in [0.15, 0.2) is 0 Å². The third kappa shape index (κ3) is 2.61. The van der Waals surface area contributed by atoms with Crippen molar-refractivity contribution in [1.82, 2.24) is 9.88 Å². The van der Waals surface area contributed by atoms with Gasteiger partial charge in [0.1, 0.15) is 5.15 Å². The zero-order chi connectivity index (χ0) is 10.8. The third-order valence-corrected chi connectivity index (χ3v) is 2.94. The van der Waals surface area contributed by atoms with E-state index in [-0.39, 0.29) is 0 Å². The van der Waals surface area contributed by atoms with Crippen LogP contribution in [0.3, 0.4) is 0 Å². The number of halogens is 1. The molecule has 0 unspecified atom stereocenters. The molecule has 0 bridgehead atoms. The van der Waals surface area contributed by atoms with Crippen molar-refractivity contribution < 1.29 is 0 Å². The lowest BCUT2D eigenvalue weighted by molar-refractivity contribution is 0.122. The van der Waals surface area contributed by atoms with Crippen molar-refractivity contribution in [3.8, 4) is 0 Å². The Morgan fingerprint density at radius 2 is 2.27 bits per heavy atom. The number of nitrogens with one attached hydrogen (secondary N) is 1. The van der Waals surface area contributed by atoms with Crippen LogP contribution in [-0.2, 0) is 0 Å². The molecule has 0 aromatic carbocycles. The van der Waals surface area contributed by atoms with Gasteiger partial charge < -0.3 is 5.32 Å². The van der Waals surface area contributed by atoms with E-state index < -0.39 is 0 Å². The minimum Gasteiger partial charge on any atom is -0.380 e. The van der Waals surface area contributed by atoms with Crippen molar-refractivity contribution in [2.45, 2.75) is 25.9 Å². The lowest BCUT2D eigenvalue weighted by Gasteiger charge is -2.42. The zero-order valence-corrected chi connectivity index (χ0v) is 9.83. The Morgan fingerprint density at radius 3 is 2.87 bits per heavy atom. The Kier molecular flexibility index (Phi) is 3.12. The summed E-state index contributed by atoms with van der Waals surface area (Å²) in [4.78, 5) is 6.38. The van der Waals surface area contributed by atoms with E-state index in [0.29, 0.717) is 17.2 Å². The van der Waals surface area contributed by atoms with Crippen molar-refractivity contribution in [2.24, 2.45) is 0 Å². The van der Waals surface area contributed by atoms with Crippen molar-refractivity contribution >= 4 is 17.3 Å². The standard InChI is InChI=1S/C11H16ClN3/c1-8(2)15-6-10(7-15)14-9-3-4-13-11(12)5-9/h3-5,8,10H,6-7H2,1-2H3,(H,13,14). The van der Waals surface area contributed by atoms with Gasteiger partial charge in [0.05, 0.1) is 6.04 Å². The summed E-state index contributed by atoms with van der Waals surface area (Å²) < 4.78 is 0. The molecule has 0 amide bonds. The maximum absolute atomic E-state index is 5.81. The Hall–Kier alpha value is -0.800. The average molecular weight is 226 g/mol. The number of hydrogen-bond acceptors (Lipinski definition) is 3. The van der Waals surface area contributed by atoms with Crippen LogP contribution >= 0.6 is 11.6 Å². The molecule has 1 aliphatic rings. The molecule has 0 saturated carbocycles. The molecule has 15 heavy (non-hydrogen) atoms. The van der Waals surface area contributed by atoms with Gasteiger partial charge >= 0.3 is 0 Å². The van der Waals surface area contributed by atoms with Crippen LogP contribution in [0.4, 0.5) is 5.69 Å². The van der Waals surface area contributed by atoms with Crippen LogP contribution in [0.25, 0.3) is 0 Å². The smallest absolute Gasteiger partial charge is 0.131 e. The zero-order valence-electron chi connectivity index (χ0n) is 9.07. The number of rotatable bonds is 3. The summed E-state index contributed by atoms with van der Waals surface area (Å²) in [6.07, 6.45) is 1.73. The topological polar surface area (TPSA) is 28.2 Å². The second kappa shape index (κ2) is 4.37. The average Bonchev–Trinajstić information content (AvgIpc) is 2.10. The van der Waals surface area contributed by atoms with E-state index in [9.17, 15) is 0 Å². The van der Waals surface area contributed by atoms with Gasteiger partial charge in [-0.05, 0) is 26.0 Å². The van der Waals surface area contributed by atoms with Gasteiger partial charge in [-0.15, -0.1) is 0 Å². The molecule has 2 heterocycles. The first kappa shape index (κ1) is 10.7. The molecule has 2 rings (SSSR count). The highest BCUT2D eigenvalue weighted by atomic mass is 35.5. The molecule has 1 saturated heterocycles. The molecule has 1 aliphatic heterocycles. The number of pyridine rings is 1. The van der Waals surface area contributed by atoms with E-state index in [2.05, 4.69) is 29.0 Å². The largest absolute Gasteiger partial charge is 0.380 e. The van der Waals surface area contributed by atoms with E-state index in [1.165, 1.54) is 0 Å². The first-order chi connectivity index (χ1) is 7.15. The van der Waals surface area contributed by atoms with Gasteiger partial charge in [-0.3, -0.25) is 4.90 Å². The van der Waals surface area contributed by atoms with Gasteiger partial charge in [0.25, 0.3) is 0 Å². The molecule has 0 spiro atoms. The van der Waals surface area contributed by atoms with Crippen molar-refractivity contribution in [1.29, 1.82) is 0 Å². The molecule has 1 aromatic rings. The second-order valence-electron chi connectivity index (χ2n) is 4.26. The normalized spacial score (nSPS) is 17.9. The van der Waals surface area contributed by atoms with E-state index in [1.54, 1.807) is 6.20 Å². The van der Waals surface area contributed by atoms with Crippen LogP contribution in [0.15, 0.2) is 18.3 Å². The molecule has 0 radical (unpaired) electrons. The third-order valence-electron chi connectivity index (χ3n) is 2.74. The van der Waals surface area contributed by atoms with Crippen LogP contribution in [0.5, 0.6) is 0 Å². The SMILES string of the molecule is CC(C)N1CC(Nc2ccnc(Cl)c2)C1. The Morgan fingerprint density at radius 1 is 1.53 bits per heavy atom. The highest BCUT2D eigenvalue weighted by Crippen LogP contribution is 2.18. The predicted molar refractivity (Wildman–Crippen MR) is 63.4 cm³/mol. The number of hydrogen-bond donors (Lipinski definition) is 1. The lowest BCUT2D eigenvalue weighted by atomic mass is 10.1. The van der Waals surface area contributed by atoms with Crippen molar-refractivity contribution in [3.63, 3.8) is 0 Å². The molecule has 82 valence electrons. The van der Waals surface area contributed by atoms with E-state index in [1.807, 2.05) is 12.1 Å². The number of anilines is 1. The van der Waals surface area contributed by atoms with E-state index in [4.69, 9.17) is 11.6 Å². The van der Waals surface area contributed by atoms with Crippen molar-refractivity contribution in [3.05, 3.63) is 23.5 Å². The number of likely N-dealkylation sites (tertiary alicyclic amines) is 1. The molecule has 1 N–H and O–H groups in total. The van der Waals surface area contributed by atoms with Gasteiger partial charge in [-0.25, -0.2) is 4.98 Å². The molecule has 0 aliphatic carbocycles. The summed E-state index contributed by atoms with van der Waals surface area (Å²) >= 11 is 5.81. The maximum atomic E-state index is 5.81. The maximum Gasteiger partial charge on any atom is 0.131 e. The van der Waals surface area contributed by atoms with E-state index in [0.717, 1.165) is 18.8 Å². The van der Waals surface area contributed by atoms with Crippen LogP contribution in [0, 0.1) is 0 Å². The summed E-state index contributed by atoms with van der Waals surface area (Å²) in [6, 6.07) is 5.00. The lowest BCUT2D eigenvalue weighted by Crippen LogP contribution is -2.57. The Bertz CT molecular complexity index is 334. The van der Waals surface area contributed by atoms with Crippen LogP contribution in [-0.4, -0.2) is 35.1 Å². The van der Waals surface area contributed by atoms with Gasteiger partial charge in [0, 0.05) is 31.0 Å². The molecule has 1 fully saturated rings. The fourth-order valence-corrected chi connectivity index (χ4v) is 1.93. The van der Waals surface area contributed by atoms with Gasteiger partial charge in [-0.1, -0.05) is 11.6 Å². The van der Waals surface area contributed by atoms with Gasteiger partial charge in [0.2, 0.25) is 0 Å².